The van der Waals surface area contributed by atoms with Crippen molar-refractivity contribution in [3.05, 3.63) is 24.2 Å². The zero-order chi connectivity index (χ0) is 15.4. The fourth-order valence-electron chi connectivity index (χ4n) is 2.42. The summed E-state index contributed by atoms with van der Waals surface area (Å²) in [5.74, 6) is 1.12. The molecule has 2 rings (SSSR count). The van der Waals surface area contributed by atoms with Gasteiger partial charge in [-0.2, -0.15) is 0 Å². The molecule has 1 amide bonds. The molecule has 0 aromatic carbocycles. The van der Waals surface area contributed by atoms with Gasteiger partial charge in [0.2, 0.25) is 5.91 Å². The van der Waals surface area contributed by atoms with Crippen LogP contribution in [0.25, 0.3) is 11.2 Å². The number of carbonyl (C=O) groups is 1. The summed E-state index contributed by atoms with van der Waals surface area (Å²) >= 11 is 0. The van der Waals surface area contributed by atoms with Crippen LogP contribution in [0.1, 0.15) is 32.1 Å². The van der Waals surface area contributed by atoms with Crippen LogP contribution in [0.4, 0.5) is 0 Å². The smallest absolute Gasteiger partial charge is 0.246 e. The number of methoxy groups -OCH3 is 1. The number of nitrogens with zero attached hydrogens (tertiary/aromatic N) is 3. The third-order valence-corrected chi connectivity index (χ3v) is 3.29. The lowest BCUT2D eigenvalue weighted by Crippen LogP contribution is -2.33. The van der Waals surface area contributed by atoms with Crippen LogP contribution in [0, 0.1) is 5.92 Å². The Morgan fingerprint density at radius 1 is 1.48 bits per heavy atom. The number of hydrogen-bond donors (Lipinski definition) is 1. The van der Waals surface area contributed by atoms with E-state index < -0.39 is 0 Å². The van der Waals surface area contributed by atoms with Crippen LogP contribution in [-0.2, 0) is 16.6 Å². The van der Waals surface area contributed by atoms with Crippen LogP contribution in [0.3, 0.4) is 0 Å². The lowest BCUT2D eigenvalue weighted by molar-refractivity contribution is -0.125. The molecule has 2 heterocycles. The highest BCUT2D eigenvalue weighted by molar-refractivity contribution is 5.78. The Morgan fingerprint density at radius 2 is 2.24 bits per heavy atom. The number of aryl methyl sites for hydroxylation is 1. The molecule has 0 unspecified atom stereocenters. The topological polar surface area (TPSA) is 69.0 Å². The maximum Gasteiger partial charge on any atom is 0.246 e. The van der Waals surface area contributed by atoms with E-state index >= 15 is 0 Å². The molecule has 0 aliphatic rings. The van der Waals surface area contributed by atoms with Crippen molar-refractivity contribution >= 4 is 17.1 Å². The minimum absolute atomic E-state index is 0.0524. The van der Waals surface area contributed by atoms with Crippen LogP contribution in [0.15, 0.2) is 18.3 Å². The van der Waals surface area contributed by atoms with E-state index in [-0.39, 0.29) is 18.6 Å². The molecule has 0 saturated carbocycles. The monoisotopic (exact) mass is 290 g/mol. The molecule has 2 aromatic heterocycles. The predicted molar refractivity (Wildman–Crippen MR) is 80.7 cm³/mol. The average Bonchev–Trinajstić information content (AvgIpc) is 2.76. The molecule has 0 saturated heterocycles. The van der Waals surface area contributed by atoms with Crippen molar-refractivity contribution in [1.82, 2.24) is 19.9 Å². The molecule has 114 valence electrons. The van der Waals surface area contributed by atoms with E-state index in [9.17, 15) is 4.79 Å². The number of aromatic nitrogens is 3. The Morgan fingerprint density at radius 3 is 2.86 bits per heavy atom. The summed E-state index contributed by atoms with van der Waals surface area (Å²) in [6, 6.07) is 3.64. The molecule has 0 radical (unpaired) electrons. The Kier molecular flexibility index (Phi) is 4.90. The third-order valence-electron chi connectivity index (χ3n) is 3.29. The number of amides is 1. The molecule has 6 heteroatoms. The highest BCUT2D eigenvalue weighted by Gasteiger charge is 2.22. The van der Waals surface area contributed by atoms with Gasteiger partial charge in [-0.3, -0.25) is 4.79 Å². The molecule has 2 aromatic rings. The van der Waals surface area contributed by atoms with Gasteiger partial charge in [-0.05, 0) is 24.5 Å². The second-order valence-corrected chi connectivity index (χ2v) is 5.56. The first-order valence-electron chi connectivity index (χ1n) is 7.08. The SMILES string of the molecule is COCC(=O)N[C@H](CC(C)C)c1nc2cccnc2n1C. The standard InChI is InChI=1S/C15H22N4O2/c1-10(2)8-12(17-13(20)9-21-4)15-18-11-6-5-7-16-14(11)19(15)3/h5-7,10,12H,8-9H2,1-4H3,(H,17,20)/t12-/m1/s1. The Balaban J connectivity index is 2.33. The van der Waals surface area contributed by atoms with Gasteiger partial charge in [0.05, 0.1) is 6.04 Å². The Labute approximate surface area is 124 Å². The highest BCUT2D eigenvalue weighted by atomic mass is 16.5. The predicted octanol–water partition coefficient (Wildman–Crippen LogP) is 1.82. The summed E-state index contributed by atoms with van der Waals surface area (Å²) in [7, 11) is 3.43. The van der Waals surface area contributed by atoms with E-state index in [4.69, 9.17) is 4.74 Å². The molecule has 0 bridgehead atoms. The van der Waals surface area contributed by atoms with Crippen molar-refractivity contribution in [2.45, 2.75) is 26.3 Å². The average molecular weight is 290 g/mol. The van der Waals surface area contributed by atoms with E-state index in [1.165, 1.54) is 7.11 Å². The van der Waals surface area contributed by atoms with Gasteiger partial charge < -0.3 is 14.6 Å². The van der Waals surface area contributed by atoms with Crippen LogP contribution >= 0.6 is 0 Å². The number of imidazole rings is 1. The summed E-state index contributed by atoms with van der Waals surface area (Å²) < 4.78 is 6.82. The minimum Gasteiger partial charge on any atom is -0.375 e. The van der Waals surface area contributed by atoms with Crippen LogP contribution in [-0.4, -0.2) is 34.2 Å². The van der Waals surface area contributed by atoms with Gasteiger partial charge in [0.25, 0.3) is 0 Å². The fourth-order valence-corrected chi connectivity index (χ4v) is 2.42. The van der Waals surface area contributed by atoms with E-state index in [1.54, 1.807) is 6.20 Å². The van der Waals surface area contributed by atoms with E-state index in [0.29, 0.717) is 5.92 Å². The molecule has 0 aliphatic carbocycles. The number of carbonyl (C=O) groups excluding carboxylic acids is 1. The van der Waals surface area contributed by atoms with Crippen molar-refractivity contribution in [3.8, 4) is 0 Å². The summed E-state index contributed by atoms with van der Waals surface area (Å²) in [6.45, 7) is 4.30. The number of fused-ring (bicyclic) bond motifs is 1. The second-order valence-electron chi connectivity index (χ2n) is 5.56. The number of hydrogen-bond acceptors (Lipinski definition) is 4. The van der Waals surface area contributed by atoms with Gasteiger partial charge >= 0.3 is 0 Å². The van der Waals surface area contributed by atoms with Crippen molar-refractivity contribution in [2.24, 2.45) is 13.0 Å². The first kappa shape index (κ1) is 15.4. The van der Waals surface area contributed by atoms with Crippen molar-refractivity contribution in [3.63, 3.8) is 0 Å². The fraction of sp³-hybridized carbons (Fsp3) is 0.533. The summed E-state index contributed by atoms with van der Waals surface area (Å²) in [5, 5.41) is 2.99. The van der Waals surface area contributed by atoms with Gasteiger partial charge in [0.1, 0.15) is 17.9 Å². The molecule has 0 fully saturated rings. The normalized spacial score (nSPS) is 12.8. The van der Waals surface area contributed by atoms with Gasteiger partial charge in [-0.25, -0.2) is 9.97 Å². The van der Waals surface area contributed by atoms with Crippen LogP contribution < -0.4 is 5.32 Å². The van der Waals surface area contributed by atoms with Crippen molar-refractivity contribution in [2.75, 3.05) is 13.7 Å². The van der Waals surface area contributed by atoms with Gasteiger partial charge in [-0.15, -0.1) is 0 Å². The van der Waals surface area contributed by atoms with E-state index in [1.807, 2.05) is 23.7 Å². The van der Waals surface area contributed by atoms with E-state index in [2.05, 4.69) is 29.1 Å². The maximum absolute atomic E-state index is 11.8. The molecule has 1 atom stereocenters. The Bertz CT molecular complexity index is 621. The highest BCUT2D eigenvalue weighted by Crippen LogP contribution is 2.23. The largest absolute Gasteiger partial charge is 0.375 e. The number of nitrogens with one attached hydrogen (secondary N) is 1. The van der Waals surface area contributed by atoms with Gasteiger partial charge in [0.15, 0.2) is 5.65 Å². The first-order chi connectivity index (χ1) is 10.0. The van der Waals surface area contributed by atoms with Crippen molar-refractivity contribution in [1.29, 1.82) is 0 Å². The first-order valence-corrected chi connectivity index (χ1v) is 7.08. The van der Waals surface area contributed by atoms with Gasteiger partial charge in [-0.1, -0.05) is 13.8 Å². The molecule has 21 heavy (non-hydrogen) atoms. The lowest BCUT2D eigenvalue weighted by atomic mass is 10.0. The number of ether oxygens (including phenoxy) is 1. The van der Waals surface area contributed by atoms with Crippen LogP contribution in [0.5, 0.6) is 0 Å². The summed E-state index contributed by atoms with van der Waals surface area (Å²) in [4.78, 5) is 20.8. The third kappa shape index (κ3) is 3.58. The Hall–Kier alpha value is -1.95. The minimum atomic E-state index is -0.146. The summed E-state index contributed by atoms with van der Waals surface area (Å²) in [6.07, 6.45) is 2.56. The number of pyridine rings is 1. The molecule has 0 aliphatic heterocycles. The quantitative estimate of drug-likeness (QED) is 0.881. The molecule has 0 spiro atoms. The lowest BCUT2D eigenvalue weighted by Gasteiger charge is -2.20. The zero-order valence-corrected chi connectivity index (χ0v) is 13.0. The number of rotatable bonds is 6. The summed E-state index contributed by atoms with van der Waals surface area (Å²) in [5.41, 5.74) is 1.66. The van der Waals surface area contributed by atoms with E-state index in [0.717, 1.165) is 23.4 Å². The van der Waals surface area contributed by atoms with Gasteiger partial charge in [0, 0.05) is 20.4 Å². The van der Waals surface area contributed by atoms with Crippen molar-refractivity contribution < 1.29 is 9.53 Å². The second kappa shape index (κ2) is 6.67. The molecular weight excluding hydrogens is 268 g/mol. The molecule has 6 nitrogen and oxygen atoms in total. The molecular formula is C15H22N4O2. The maximum atomic E-state index is 11.8. The molecule has 1 N–H and O–H groups in total. The zero-order valence-electron chi connectivity index (χ0n) is 13.0. The van der Waals surface area contributed by atoms with Crippen LogP contribution in [0.2, 0.25) is 0 Å².